The van der Waals surface area contributed by atoms with E-state index < -0.39 is 11.4 Å². The van der Waals surface area contributed by atoms with Gasteiger partial charge in [-0.1, -0.05) is 30.3 Å². The lowest BCUT2D eigenvalue weighted by Gasteiger charge is -2.06. The molecule has 0 unspecified atom stereocenters. The predicted molar refractivity (Wildman–Crippen MR) is 74.8 cm³/mol. The summed E-state index contributed by atoms with van der Waals surface area (Å²) in [6.07, 6.45) is 0. The topological polar surface area (TPSA) is 70.2 Å². The average Bonchev–Trinajstić information content (AvgIpc) is 2.87. The minimum absolute atomic E-state index is 0.207. The van der Waals surface area contributed by atoms with Gasteiger partial charge in [-0.3, -0.25) is 4.79 Å². The van der Waals surface area contributed by atoms with Crippen LogP contribution in [0.4, 0.5) is 0 Å². The standard InChI is InChI=1S/C14H9NO3S/c16-12-10(14(17)18)11(8-4-2-1-3-5-8)15-9-6-7-19-13(9)12/h1-7H,(H,15,16)(H,17,18). The fourth-order valence-electron chi connectivity index (χ4n) is 2.03. The maximum absolute atomic E-state index is 12.2. The quantitative estimate of drug-likeness (QED) is 0.752. The Morgan fingerprint density at radius 2 is 1.89 bits per heavy atom. The van der Waals surface area contributed by atoms with Crippen LogP contribution in [0.3, 0.4) is 0 Å². The number of carboxylic acids is 1. The average molecular weight is 271 g/mol. The summed E-state index contributed by atoms with van der Waals surface area (Å²) in [5.74, 6) is -1.21. The van der Waals surface area contributed by atoms with Gasteiger partial charge in [-0.2, -0.15) is 0 Å². The molecule has 0 saturated heterocycles. The van der Waals surface area contributed by atoms with Gasteiger partial charge in [0.15, 0.2) is 0 Å². The molecular weight excluding hydrogens is 262 g/mol. The van der Waals surface area contributed by atoms with Crippen molar-refractivity contribution >= 4 is 27.5 Å². The molecule has 0 amide bonds. The van der Waals surface area contributed by atoms with Crippen LogP contribution >= 0.6 is 11.3 Å². The number of thiophene rings is 1. The molecule has 0 saturated carbocycles. The summed E-state index contributed by atoms with van der Waals surface area (Å²) in [6.45, 7) is 0. The Balaban J connectivity index is 2.43. The van der Waals surface area contributed by atoms with Crippen molar-refractivity contribution in [2.45, 2.75) is 0 Å². The predicted octanol–water partition coefficient (Wildman–Crippen LogP) is 2.95. The van der Waals surface area contributed by atoms with Gasteiger partial charge in [0.1, 0.15) is 5.56 Å². The summed E-state index contributed by atoms with van der Waals surface area (Å²) >= 11 is 1.24. The number of aromatic amines is 1. The van der Waals surface area contributed by atoms with Gasteiger partial charge in [0.2, 0.25) is 5.43 Å². The molecule has 2 N–H and O–H groups in total. The Hall–Kier alpha value is -2.40. The number of nitrogens with one attached hydrogen (secondary N) is 1. The Labute approximate surface area is 112 Å². The Morgan fingerprint density at radius 3 is 2.58 bits per heavy atom. The lowest BCUT2D eigenvalue weighted by molar-refractivity contribution is 0.0696. The van der Waals surface area contributed by atoms with Gasteiger partial charge in [0.25, 0.3) is 0 Å². The van der Waals surface area contributed by atoms with Crippen molar-refractivity contribution < 1.29 is 9.90 Å². The van der Waals surface area contributed by atoms with Crippen LogP contribution in [0.25, 0.3) is 21.5 Å². The van der Waals surface area contributed by atoms with Crippen LogP contribution in [0.1, 0.15) is 10.4 Å². The summed E-state index contributed by atoms with van der Waals surface area (Å²) in [6, 6.07) is 10.8. The summed E-state index contributed by atoms with van der Waals surface area (Å²) in [4.78, 5) is 26.6. The van der Waals surface area contributed by atoms with Gasteiger partial charge >= 0.3 is 5.97 Å². The number of H-pyrrole nitrogens is 1. The molecule has 2 aromatic heterocycles. The third-order valence-electron chi connectivity index (χ3n) is 2.88. The molecule has 0 fully saturated rings. The van der Waals surface area contributed by atoms with Gasteiger partial charge in [-0.25, -0.2) is 4.79 Å². The highest BCUT2D eigenvalue weighted by atomic mass is 32.1. The van der Waals surface area contributed by atoms with E-state index in [1.807, 2.05) is 6.07 Å². The maximum Gasteiger partial charge on any atom is 0.341 e. The fraction of sp³-hybridized carbons (Fsp3) is 0. The van der Waals surface area contributed by atoms with Crippen LogP contribution in [-0.2, 0) is 0 Å². The summed E-state index contributed by atoms with van der Waals surface area (Å²) in [5, 5.41) is 11.1. The summed E-state index contributed by atoms with van der Waals surface area (Å²) < 4.78 is 0.442. The lowest BCUT2D eigenvalue weighted by atomic mass is 10.1. The molecule has 2 heterocycles. The smallest absolute Gasteiger partial charge is 0.341 e. The van der Waals surface area contributed by atoms with Crippen molar-refractivity contribution in [2.75, 3.05) is 0 Å². The van der Waals surface area contributed by atoms with Gasteiger partial charge in [-0.15, -0.1) is 11.3 Å². The highest BCUT2D eigenvalue weighted by Gasteiger charge is 2.19. The van der Waals surface area contributed by atoms with Crippen LogP contribution in [0.2, 0.25) is 0 Å². The van der Waals surface area contributed by atoms with E-state index in [9.17, 15) is 14.7 Å². The number of benzene rings is 1. The number of hydrogen-bond donors (Lipinski definition) is 2. The first-order chi connectivity index (χ1) is 9.18. The van der Waals surface area contributed by atoms with Crippen molar-refractivity contribution in [3.63, 3.8) is 0 Å². The number of rotatable bonds is 2. The van der Waals surface area contributed by atoms with Crippen molar-refractivity contribution in [1.29, 1.82) is 0 Å². The molecule has 0 atom stereocenters. The van der Waals surface area contributed by atoms with E-state index >= 15 is 0 Å². The zero-order valence-electron chi connectivity index (χ0n) is 9.71. The van der Waals surface area contributed by atoms with Crippen LogP contribution in [0.15, 0.2) is 46.6 Å². The Morgan fingerprint density at radius 1 is 1.16 bits per heavy atom. The van der Waals surface area contributed by atoms with Crippen LogP contribution in [0, 0.1) is 0 Å². The number of pyridine rings is 1. The van der Waals surface area contributed by atoms with E-state index in [1.54, 1.807) is 35.7 Å². The van der Waals surface area contributed by atoms with Crippen molar-refractivity contribution in [3.8, 4) is 11.3 Å². The second-order valence-corrected chi connectivity index (χ2v) is 4.95. The Kier molecular flexibility index (Phi) is 2.68. The third-order valence-corrected chi connectivity index (χ3v) is 3.80. The minimum Gasteiger partial charge on any atom is -0.477 e. The molecule has 1 aromatic carbocycles. The number of carbonyl (C=O) groups is 1. The largest absolute Gasteiger partial charge is 0.477 e. The lowest BCUT2D eigenvalue weighted by Crippen LogP contribution is -2.17. The summed E-state index contributed by atoms with van der Waals surface area (Å²) in [5.41, 5.74) is 1.06. The Bertz CT molecular complexity index is 818. The molecule has 3 aromatic rings. The van der Waals surface area contributed by atoms with Crippen molar-refractivity contribution in [2.24, 2.45) is 0 Å². The van der Waals surface area contributed by atoms with E-state index in [2.05, 4.69) is 4.98 Å². The molecule has 94 valence electrons. The molecular formula is C14H9NO3S. The number of carboxylic acid groups (broad SMARTS) is 1. The number of aromatic carboxylic acids is 1. The monoisotopic (exact) mass is 271 g/mol. The first-order valence-corrected chi connectivity index (χ1v) is 6.48. The molecule has 19 heavy (non-hydrogen) atoms. The molecule has 0 aliphatic carbocycles. The second-order valence-electron chi connectivity index (χ2n) is 4.04. The second kappa shape index (κ2) is 4.37. The van der Waals surface area contributed by atoms with Crippen LogP contribution in [0.5, 0.6) is 0 Å². The highest BCUT2D eigenvalue weighted by molar-refractivity contribution is 7.17. The fourth-order valence-corrected chi connectivity index (χ4v) is 2.83. The molecule has 5 heteroatoms. The molecule has 0 radical (unpaired) electrons. The molecule has 0 aliphatic heterocycles. The zero-order valence-corrected chi connectivity index (χ0v) is 10.5. The first kappa shape index (κ1) is 11.7. The minimum atomic E-state index is -1.21. The molecule has 3 rings (SSSR count). The van der Waals surface area contributed by atoms with E-state index in [0.717, 1.165) is 0 Å². The molecule has 0 aliphatic rings. The van der Waals surface area contributed by atoms with Crippen molar-refractivity contribution in [3.05, 3.63) is 57.6 Å². The molecule has 0 bridgehead atoms. The third kappa shape index (κ3) is 1.84. The zero-order chi connectivity index (χ0) is 13.4. The number of fused-ring (bicyclic) bond motifs is 1. The van der Waals surface area contributed by atoms with Gasteiger partial charge in [0.05, 0.1) is 15.9 Å². The van der Waals surface area contributed by atoms with Crippen LogP contribution in [-0.4, -0.2) is 16.1 Å². The first-order valence-electron chi connectivity index (χ1n) is 5.60. The molecule has 0 spiro atoms. The highest BCUT2D eigenvalue weighted by Crippen LogP contribution is 2.24. The van der Waals surface area contributed by atoms with Crippen LogP contribution < -0.4 is 5.43 Å². The maximum atomic E-state index is 12.2. The number of hydrogen-bond acceptors (Lipinski definition) is 3. The van der Waals surface area contributed by atoms with Gasteiger partial charge < -0.3 is 10.1 Å². The van der Waals surface area contributed by atoms with Crippen molar-refractivity contribution in [1.82, 2.24) is 4.98 Å². The number of aromatic nitrogens is 1. The van der Waals surface area contributed by atoms with E-state index in [4.69, 9.17) is 0 Å². The van der Waals surface area contributed by atoms with Gasteiger partial charge in [-0.05, 0) is 17.0 Å². The normalized spacial score (nSPS) is 10.7. The summed E-state index contributed by atoms with van der Waals surface area (Å²) in [7, 11) is 0. The SMILES string of the molecule is O=C(O)c1c(-c2ccccc2)[nH]c2ccsc2c1=O. The molecule has 4 nitrogen and oxygen atoms in total. The van der Waals surface area contributed by atoms with Gasteiger partial charge in [0, 0.05) is 0 Å². The van der Waals surface area contributed by atoms with E-state index in [0.29, 0.717) is 21.5 Å². The van der Waals surface area contributed by atoms with E-state index in [1.165, 1.54) is 11.3 Å². The van der Waals surface area contributed by atoms with E-state index in [-0.39, 0.29) is 5.56 Å².